The van der Waals surface area contributed by atoms with Crippen LogP contribution in [0.25, 0.3) is 11.0 Å². The molecule has 2 fully saturated rings. The first-order chi connectivity index (χ1) is 11.6. The van der Waals surface area contributed by atoms with Gasteiger partial charge in [-0.3, -0.25) is 14.5 Å². The van der Waals surface area contributed by atoms with E-state index >= 15 is 0 Å². The van der Waals surface area contributed by atoms with Gasteiger partial charge in [0.2, 0.25) is 5.95 Å². The maximum Gasteiger partial charge on any atom is 0.263 e. The summed E-state index contributed by atoms with van der Waals surface area (Å²) in [5.74, 6) is 0.627. The summed E-state index contributed by atoms with van der Waals surface area (Å²) < 4.78 is 7.65. The Morgan fingerprint density at radius 2 is 2.21 bits per heavy atom. The molecule has 7 nitrogen and oxygen atoms in total. The summed E-state index contributed by atoms with van der Waals surface area (Å²) in [6.07, 6.45) is 7.83. The number of fused-ring (bicyclic) bond motifs is 1. The van der Waals surface area contributed by atoms with E-state index in [0.29, 0.717) is 29.1 Å². The molecule has 130 valence electrons. The second-order valence-electron chi connectivity index (χ2n) is 7.14. The van der Waals surface area contributed by atoms with Gasteiger partial charge in [-0.15, -0.1) is 0 Å². The van der Waals surface area contributed by atoms with Crippen LogP contribution in [-0.2, 0) is 11.8 Å². The number of nitrogens with one attached hydrogen (secondary N) is 1. The Labute approximate surface area is 141 Å². The summed E-state index contributed by atoms with van der Waals surface area (Å²) >= 11 is 0. The average Bonchev–Trinajstić information content (AvgIpc) is 3.20. The van der Waals surface area contributed by atoms with E-state index in [2.05, 4.69) is 26.9 Å². The van der Waals surface area contributed by atoms with E-state index < -0.39 is 0 Å². The average molecular weight is 331 g/mol. The van der Waals surface area contributed by atoms with Crippen molar-refractivity contribution in [2.24, 2.45) is 12.5 Å². The van der Waals surface area contributed by atoms with Crippen LogP contribution in [0.2, 0.25) is 0 Å². The Balaban J connectivity index is 1.67. The van der Waals surface area contributed by atoms with Crippen LogP contribution in [0.15, 0.2) is 11.0 Å². The number of rotatable bonds is 4. The fourth-order valence-corrected chi connectivity index (χ4v) is 4.73. The molecule has 2 atom stereocenters. The SMILES string of the molecule is CCOC1CC(N(C)c2nc3c(cnn3C)c(=O)[nH]2)C12CCCC2. The normalized spacial score (nSPS) is 25.3. The molecule has 7 heteroatoms. The van der Waals surface area contributed by atoms with Gasteiger partial charge < -0.3 is 9.64 Å². The van der Waals surface area contributed by atoms with E-state index in [4.69, 9.17) is 4.74 Å². The zero-order chi connectivity index (χ0) is 16.9. The van der Waals surface area contributed by atoms with E-state index in [1.165, 1.54) is 25.7 Å². The van der Waals surface area contributed by atoms with Crippen molar-refractivity contribution < 1.29 is 4.74 Å². The van der Waals surface area contributed by atoms with Crippen molar-refractivity contribution in [3.63, 3.8) is 0 Å². The largest absolute Gasteiger partial charge is 0.378 e. The molecule has 0 aromatic carbocycles. The van der Waals surface area contributed by atoms with Gasteiger partial charge in [0.25, 0.3) is 5.56 Å². The van der Waals surface area contributed by atoms with E-state index in [-0.39, 0.29) is 11.0 Å². The third kappa shape index (κ3) is 2.10. The summed E-state index contributed by atoms with van der Waals surface area (Å²) in [5, 5.41) is 4.67. The van der Waals surface area contributed by atoms with E-state index in [0.717, 1.165) is 13.0 Å². The summed E-state index contributed by atoms with van der Waals surface area (Å²) in [6.45, 7) is 2.83. The van der Waals surface area contributed by atoms with Gasteiger partial charge in [0.1, 0.15) is 5.39 Å². The first-order valence-electron chi connectivity index (χ1n) is 8.83. The summed E-state index contributed by atoms with van der Waals surface area (Å²) in [7, 11) is 3.85. The molecule has 24 heavy (non-hydrogen) atoms. The first-order valence-corrected chi connectivity index (χ1v) is 8.83. The van der Waals surface area contributed by atoms with Gasteiger partial charge >= 0.3 is 0 Å². The van der Waals surface area contributed by atoms with Gasteiger partial charge in [-0.25, -0.2) is 0 Å². The van der Waals surface area contributed by atoms with Gasteiger partial charge in [-0.1, -0.05) is 12.8 Å². The van der Waals surface area contributed by atoms with Gasteiger partial charge in [0.05, 0.1) is 12.3 Å². The lowest BCUT2D eigenvalue weighted by molar-refractivity contribution is -0.121. The highest BCUT2D eigenvalue weighted by Gasteiger charge is 2.58. The van der Waals surface area contributed by atoms with Crippen LogP contribution >= 0.6 is 0 Å². The Hall–Kier alpha value is -1.89. The minimum absolute atomic E-state index is 0.129. The third-order valence-corrected chi connectivity index (χ3v) is 6.04. The van der Waals surface area contributed by atoms with Crippen molar-refractivity contribution in [1.82, 2.24) is 19.7 Å². The topological polar surface area (TPSA) is 76.0 Å². The zero-order valence-corrected chi connectivity index (χ0v) is 14.6. The van der Waals surface area contributed by atoms with Crippen molar-refractivity contribution in [2.75, 3.05) is 18.6 Å². The Bertz CT molecular complexity index is 805. The molecule has 2 heterocycles. The van der Waals surface area contributed by atoms with Crippen LogP contribution in [0.3, 0.4) is 0 Å². The minimum atomic E-state index is -0.129. The summed E-state index contributed by atoms with van der Waals surface area (Å²) in [4.78, 5) is 22.1. The molecule has 0 radical (unpaired) electrons. The summed E-state index contributed by atoms with van der Waals surface area (Å²) in [6, 6.07) is 0.366. The zero-order valence-electron chi connectivity index (χ0n) is 14.6. The monoisotopic (exact) mass is 331 g/mol. The predicted octanol–water partition coefficient (Wildman–Crippen LogP) is 1.83. The van der Waals surface area contributed by atoms with Gasteiger partial charge in [0.15, 0.2) is 5.65 Å². The fraction of sp³-hybridized carbons (Fsp3) is 0.706. The molecule has 2 aromatic heterocycles. The van der Waals surface area contributed by atoms with Crippen LogP contribution in [0, 0.1) is 5.41 Å². The van der Waals surface area contributed by atoms with Crippen molar-refractivity contribution >= 4 is 17.0 Å². The lowest BCUT2D eigenvalue weighted by atomic mass is 9.60. The number of nitrogens with zero attached hydrogens (tertiary/aromatic N) is 4. The third-order valence-electron chi connectivity index (χ3n) is 6.04. The molecule has 1 spiro atoms. The number of ether oxygens (including phenoxy) is 1. The maximum atomic E-state index is 12.3. The lowest BCUT2D eigenvalue weighted by Gasteiger charge is -2.57. The number of hydrogen-bond acceptors (Lipinski definition) is 5. The Kier molecular flexibility index (Phi) is 3.63. The number of hydrogen-bond donors (Lipinski definition) is 1. The molecular formula is C17H25N5O2. The van der Waals surface area contributed by atoms with Crippen LogP contribution in [-0.4, -0.2) is 45.5 Å². The van der Waals surface area contributed by atoms with E-state index in [1.54, 1.807) is 10.9 Å². The molecule has 0 saturated heterocycles. The molecule has 2 aromatic rings. The highest BCUT2D eigenvalue weighted by molar-refractivity contribution is 5.74. The van der Waals surface area contributed by atoms with Gasteiger partial charge in [0, 0.05) is 32.2 Å². The van der Waals surface area contributed by atoms with Crippen molar-refractivity contribution in [3.8, 4) is 0 Å². The first kappa shape index (κ1) is 15.6. The van der Waals surface area contributed by atoms with Crippen molar-refractivity contribution in [2.45, 2.75) is 51.2 Å². The van der Waals surface area contributed by atoms with Crippen LogP contribution in [0.1, 0.15) is 39.0 Å². The van der Waals surface area contributed by atoms with Crippen LogP contribution in [0.4, 0.5) is 5.95 Å². The molecule has 0 aliphatic heterocycles. The summed E-state index contributed by atoms with van der Waals surface area (Å²) in [5.41, 5.74) is 0.711. The minimum Gasteiger partial charge on any atom is -0.378 e. The quantitative estimate of drug-likeness (QED) is 0.925. The van der Waals surface area contributed by atoms with Crippen LogP contribution in [0.5, 0.6) is 0 Å². The number of aromatic amines is 1. The molecule has 0 bridgehead atoms. The number of aromatic nitrogens is 4. The molecule has 1 N–H and O–H groups in total. The molecule has 4 rings (SSSR count). The van der Waals surface area contributed by atoms with E-state index in [9.17, 15) is 4.79 Å². The standard InChI is InChI=1S/C17H25N5O2/c1-4-24-13-9-12(17(13)7-5-6-8-17)21(2)16-19-14-11(15(23)20-16)10-18-22(14)3/h10,12-13H,4-9H2,1-3H3,(H,19,20,23). The van der Waals surface area contributed by atoms with Gasteiger partial charge in [-0.05, 0) is 26.2 Å². The smallest absolute Gasteiger partial charge is 0.263 e. The molecule has 2 saturated carbocycles. The predicted molar refractivity (Wildman–Crippen MR) is 92.3 cm³/mol. The molecule has 0 amide bonds. The molecular weight excluding hydrogens is 306 g/mol. The van der Waals surface area contributed by atoms with Crippen molar-refractivity contribution in [3.05, 3.63) is 16.6 Å². The fourth-order valence-electron chi connectivity index (χ4n) is 4.73. The maximum absolute atomic E-state index is 12.3. The second-order valence-corrected chi connectivity index (χ2v) is 7.14. The number of H-pyrrole nitrogens is 1. The number of aryl methyl sites for hydroxylation is 1. The highest BCUT2D eigenvalue weighted by Crippen LogP contribution is 2.56. The van der Waals surface area contributed by atoms with Crippen molar-refractivity contribution in [1.29, 1.82) is 0 Å². The lowest BCUT2D eigenvalue weighted by Crippen LogP contribution is -2.63. The highest BCUT2D eigenvalue weighted by atomic mass is 16.5. The molecule has 2 aliphatic rings. The van der Waals surface area contributed by atoms with Crippen LogP contribution < -0.4 is 10.5 Å². The Morgan fingerprint density at radius 3 is 2.92 bits per heavy atom. The number of anilines is 1. The van der Waals surface area contributed by atoms with Gasteiger partial charge in [-0.2, -0.15) is 10.1 Å². The van der Waals surface area contributed by atoms with E-state index in [1.807, 2.05) is 14.1 Å². The Morgan fingerprint density at radius 1 is 1.46 bits per heavy atom. The second kappa shape index (κ2) is 5.58. The molecule has 2 unspecified atom stereocenters. The molecule has 2 aliphatic carbocycles.